The zero-order chi connectivity index (χ0) is 24.5. The number of hydrogen-bond acceptors (Lipinski definition) is 6. The molecule has 0 heterocycles. The predicted molar refractivity (Wildman–Crippen MR) is 130 cm³/mol. The molecule has 0 aliphatic heterocycles. The van der Waals surface area contributed by atoms with Crippen LogP contribution in [0.2, 0.25) is 0 Å². The van der Waals surface area contributed by atoms with Crippen molar-refractivity contribution in [3.8, 4) is 0 Å². The Balaban J connectivity index is 2.01. The molecule has 0 saturated carbocycles. The number of hydrogen-bond donors (Lipinski definition) is 2. The van der Waals surface area contributed by atoms with E-state index in [9.17, 15) is 24.3 Å². The van der Waals surface area contributed by atoms with E-state index in [1.54, 1.807) is 61.5 Å². The van der Waals surface area contributed by atoms with E-state index in [0.717, 1.165) is 11.8 Å². The third-order valence-corrected chi connectivity index (χ3v) is 6.78. The molecule has 1 unspecified atom stereocenters. The van der Waals surface area contributed by atoms with Crippen LogP contribution in [0.4, 0.5) is 4.79 Å². The second-order valence-electron chi connectivity index (χ2n) is 7.64. The third kappa shape index (κ3) is 3.99. The third-order valence-electron chi connectivity index (χ3n) is 5.53. The summed E-state index contributed by atoms with van der Waals surface area (Å²) in [5.41, 5.74) is 6.44. The number of aldehydes is 2. The molecular formula is C26H19NO6S. The van der Waals surface area contributed by atoms with Crippen LogP contribution in [0.5, 0.6) is 0 Å². The van der Waals surface area contributed by atoms with Gasteiger partial charge in [-0.05, 0) is 46.7 Å². The Morgan fingerprint density at radius 2 is 1.47 bits per heavy atom. The summed E-state index contributed by atoms with van der Waals surface area (Å²) in [6, 6.07) is 18.5. The van der Waals surface area contributed by atoms with Gasteiger partial charge in [-0.15, -0.1) is 0 Å². The number of aromatic carboxylic acids is 1. The Labute approximate surface area is 198 Å². The molecule has 0 aliphatic rings. The summed E-state index contributed by atoms with van der Waals surface area (Å²) in [6.45, 7) is 1.61. The highest BCUT2D eigenvalue weighted by Gasteiger charge is 2.37. The molecule has 0 fully saturated rings. The highest BCUT2D eigenvalue weighted by molar-refractivity contribution is 8.00. The molecular weight excluding hydrogens is 454 g/mol. The molecule has 0 aromatic heterocycles. The maximum absolute atomic E-state index is 12.1. The monoisotopic (exact) mass is 473 g/mol. The minimum atomic E-state index is -1.49. The SMILES string of the molecule is CC(OC(N)=O)(Sc1ccc(C(=O)O)c2ccccc12)c1c(C=O)cc(C=O)c2ccccc12. The fourth-order valence-corrected chi connectivity index (χ4v) is 5.49. The molecule has 0 bridgehead atoms. The number of benzene rings is 4. The van der Waals surface area contributed by atoms with Gasteiger partial charge in [-0.1, -0.05) is 60.3 Å². The number of carboxylic acids is 1. The number of fused-ring (bicyclic) bond motifs is 2. The largest absolute Gasteiger partial charge is 0.478 e. The molecule has 7 nitrogen and oxygen atoms in total. The van der Waals surface area contributed by atoms with Crippen molar-refractivity contribution in [2.45, 2.75) is 16.8 Å². The first-order valence-electron chi connectivity index (χ1n) is 10.2. The predicted octanol–water partition coefficient (Wildman–Crippen LogP) is 5.38. The highest BCUT2D eigenvalue weighted by Crippen LogP contribution is 2.48. The summed E-state index contributed by atoms with van der Waals surface area (Å²) in [7, 11) is 0. The molecule has 1 amide bonds. The van der Waals surface area contributed by atoms with Gasteiger partial charge < -0.3 is 15.6 Å². The van der Waals surface area contributed by atoms with Crippen molar-refractivity contribution in [2.24, 2.45) is 5.73 Å². The maximum Gasteiger partial charge on any atom is 0.406 e. The van der Waals surface area contributed by atoms with Gasteiger partial charge in [0.2, 0.25) is 0 Å². The second-order valence-corrected chi connectivity index (χ2v) is 9.07. The van der Waals surface area contributed by atoms with Crippen molar-refractivity contribution in [1.82, 2.24) is 0 Å². The lowest BCUT2D eigenvalue weighted by atomic mass is 9.92. The smallest absolute Gasteiger partial charge is 0.406 e. The topological polar surface area (TPSA) is 124 Å². The molecule has 1 atom stereocenters. The van der Waals surface area contributed by atoms with Gasteiger partial charge in [-0.2, -0.15) is 0 Å². The van der Waals surface area contributed by atoms with Crippen LogP contribution in [-0.4, -0.2) is 29.7 Å². The average molecular weight is 474 g/mol. The standard InChI is InChI=1S/C26H19NO6S/c1-26(33-25(27)32,23-16(14-29)12-15(13-28)17-6-2-5-9-20(17)23)34-22-11-10-21(24(30)31)18-7-3-4-8-19(18)22/h2-14H,1H3,(H2,27,32)(H,30,31). The number of rotatable bonds is 7. The van der Waals surface area contributed by atoms with Crippen molar-refractivity contribution in [2.75, 3.05) is 0 Å². The van der Waals surface area contributed by atoms with Crippen LogP contribution in [0.25, 0.3) is 21.5 Å². The summed E-state index contributed by atoms with van der Waals surface area (Å²) in [4.78, 5) is 46.6. The summed E-state index contributed by atoms with van der Waals surface area (Å²) >= 11 is 1.12. The minimum absolute atomic E-state index is 0.131. The van der Waals surface area contributed by atoms with E-state index >= 15 is 0 Å². The number of nitrogens with two attached hydrogens (primary N) is 1. The van der Waals surface area contributed by atoms with Gasteiger partial charge in [0.25, 0.3) is 0 Å². The first-order valence-corrected chi connectivity index (χ1v) is 11.0. The number of carbonyl (C=O) groups is 4. The van der Waals surface area contributed by atoms with Crippen molar-refractivity contribution >= 4 is 57.9 Å². The Morgan fingerprint density at radius 3 is 2.06 bits per heavy atom. The molecule has 4 rings (SSSR count). The molecule has 0 saturated heterocycles. The molecule has 0 aliphatic carbocycles. The normalized spacial score (nSPS) is 12.7. The van der Waals surface area contributed by atoms with E-state index in [4.69, 9.17) is 10.5 Å². The lowest BCUT2D eigenvalue weighted by molar-refractivity contribution is 0.0698. The average Bonchev–Trinajstić information content (AvgIpc) is 2.82. The molecule has 8 heteroatoms. The van der Waals surface area contributed by atoms with Crippen LogP contribution in [0.3, 0.4) is 0 Å². The van der Waals surface area contributed by atoms with Gasteiger partial charge in [-0.3, -0.25) is 9.59 Å². The molecule has 170 valence electrons. The van der Waals surface area contributed by atoms with Crippen LogP contribution >= 0.6 is 11.8 Å². The van der Waals surface area contributed by atoms with Gasteiger partial charge in [0.1, 0.15) is 0 Å². The number of primary amides is 1. The van der Waals surface area contributed by atoms with Gasteiger partial charge in [0.15, 0.2) is 17.5 Å². The Morgan fingerprint density at radius 1 is 0.882 bits per heavy atom. The molecule has 34 heavy (non-hydrogen) atoms. The number of thioether (sulfide) groups is 1. The number of carboxylic acid groups (broad SMARTS) is 1. The fourth-order valence-electron chi connectivity index (χ4n) is 4.19. The van der Waals surface area contributed by atoms with E-state index in [1.807, 2.05) is 0 Å². The molecule has 4 aromatic rings. The van der Waals surface area contributed by atoms with E-state index in [2.05, 4.69) is 0 Å². The molecule has 3 N–H and O–H groups in total. The van der Waals surface area contributed by atoms with Gasteiger partial charge >= 0.3 is 12.1 Å². The van der Waals surface area contributed by atoms with Crippen LogP contribution in [0.15, 0.2) is 71.6 Å². The number of ether oxygens (including phenoxy) is 1. The Kier molecular flexibility index (Phi) is 6.08. The quantitative estimate of drug-likeness (QED) is 0.210. The minimum Gasteiger partial charge on any atom is -0.478 e. The molecule has 0 spiro atoms. The summed E-state index contributed by atoms with van der Waals surface area (Å²) < 4.78 is 5.62. The zero-order valence-electron chi connectivity index (χ0n) is 18.0. The van der Waals surface area contributed by atoms with E-state index in [-0.39, 0.29) is 11.1 Å². The first-order chi connectivity index (χ1) is 16.3. The van der Waals surface area contributed by atoms with Crippen molar-refractivity contribution < 1.29 is 29.0 Å². The van der Waals surface area contributed by atoms with Crippen LogP contribution in [0.1, 0.15) is 43.6 Å². The highest BCUT2D eigenvalue weighted by atomic mass is 32.2. The van der Waals surface area contributed by atoms with Gasteiger partial charge in [0, 0.05) is 21.6 Å². The summed E-state index contributed by atoms with van der Waals surface area (Å²) in [6.07, 6.45) is 0.210. The second kappa shape index (κ2) is 8.99. The van der Waals surface area contributed by atoms with Crippen LogP contribution in [-0.2, 0) is 9.67 Å². The Hall–Kier alpha value is -4.17. The van der Waals surface area contributed by atoms with Gasteiger partial charge in [-0.25, -0.2) is 9.59 Å². The fraction of sp³-hybridized carbons (Fsp3) is 0.0769. The zero-order valence-corrected chi connectivity index (χ0v) is 18.8. The maximum atomic E-state index is 12.1. The van der Waals surface area contributed by atoms with Crippen LogP contribution < -0.4 is 5.73 Å². The van der Waals surface area contributed by atoms with E-state index in [0.29, 0.717) is 50.1 Å². The first kappa shape index (κ1) is 23.0. The summed E-state index contributed by atoms with van der Waals surface area (Å²) in [5.74, 6) is -1.07. The van der Waals surface area contributed by atoms with E-state index < -0.39 is 17.0 Å². The van der Waals surface area contributed by atoms with Gasteiger partial charge in [0.05, 0.1) is 5.56 Å². The van der Waals surface area contributed by atoms with E-state index in [1.165, 1.54) is 12.1 Å². The number of carbonyl (C=O) groups excluding carboxylic acids is 3. The summed E-state index contributed by atoms with van der Waals surface area (Å²) in [5, 5.41) is 11.9. The molecule has 4 aromatic carbocycles. The number of amides is 1. The lowest BCUT2D eigenvalue weighted by Crippen LogP contribution is -2.30. The Bertz CT molecular complexity index is 1480. The van der Waals surface area contributed by atoms with Crippen molar-refractivity contribution in [3.05, 3.63) is 89.0 Å². The van der Waals surface area contributed by atoms with Crippen LogP contribution in [0, 0.1) is 0 Å². The molecule has 0 radical (unpaired) electrons. The van der Waals surface area contributed by atoms with Crippen molar-refractivity contribution in [3.63, 3.8) is 0 Å². The van der Waals surface area contributed by atoms with Crippen molar-refractivity contribution in [1.29, 1.82) is 0 Å². The lowest BCUT2D eigenvalue weighted by Gasteiger charge is -2.31.